The minimum Gasteiger partial charge on any atom is -0.450 e. The summed E-state index contributed by atoms with van der Waals surface area (Å²) in [5, 5.41) is 0.218. The van der Waals surface area contributed by atoms with Crippen LogP contribution in [0.25, 0.3) is 11.1 Å². The second-order valence-electron chi connectivity index (χ2n) is 8.04. The molecule has 1 spiro atoms. The van der Waals surface area contributed by atoms with Crippen LogP contribution >= 0.6 is 11.6 Å². The Morgan fingerprint density at radius 3 is 2.48 bits per heavy atom. The number of Topliss-reactive ketones (excluding diaryl/α,β-unsaturated/α-hetero) is 1. The molecule has 164 valence electrons. The summed E-state index contributed by atoms with van der Waals surface area (Å²) in [5.74, 6) is -2.20. The maximum atomic E-state index is 13.2. The van der Waals surface area contributed by atoms with E-state index < -0.39 is 23.9 Å². The van der Waals surface area contributed by atoms with Crippen LogP contribution in [0.4, 0.5) is 13.2 Å². The molecule has 2 aromatic rings. The first-order valence-electron chi connectivity index (χ1n) is 10.0. The quantitative estimate of drug-likeness (QED) is 0.415. The first-order chi connectivity index (χ1) is 14.6. The van der Waals surface area contributed by atoms with Crippen LogP contribution in [0.5, 0.6) is 5.75 Å². The van der Waals surface area contributed by atoms with Gasteiger partial charge in [0.2, 0.25) is 0 Å². The standard InChI is InChI=1S/C23H20ClF3O4/c1-13-10-17(14-6-5-7-15(11-14)30-23(25,26)27)18(24)12-16(13)19-20(28)22(31-21(19)29)8-3-2-4-9-22/h5-7,10-12,19H,2-4,8-9H2,1H3. The first-order valence-corrected chi connectivity index (χ1v) is 10.4. The first kappa shape index (κ1) is 21.7. The molecule has 1 heterocycles. The number of alkyl halides is 3. The molecule has 0 bridgehead atoms. The van der Waals surface area contributed by atoms with Gasteiger partial charge in [0.1, 0.15) is 11.7 Å². The molecule has 31 heavy (non-hydrogen) atoms. The number of ether oxygens (including phenoxy) is 2. The number of benzene rings is 2. The van der Waals surface area contributed by atoms with Crippen molar-refractivity contribution in [2.45, 2.75) is 56.9 Å². The molecule has 2 aromatic carbocycles. The number of halogens is 4. The highest BCUT2D eigenvalue weighted by Crippen LogP contribution is 2.45. The minimum atomic E-state index is -4.81. The molecule has 1 saturated heterocycles. The van der Waals surface area contributed by atoms with Gasteiger partial charge in [0.05, 0.1) is 0 Å². The molecule has 4 nitrogen and oxygen atoms in total. The molecule has 1 aliphatic heterocycles. The SMILES string of the molecule is Cc1cc(-c2cccc(OC(F)(F)F)c2)c(Cl)cc1C1C(=O)OC2(CCCCC2)C1=O. The number of ketones is 1. The molecule has 0 N–H and O–H groups in total. The summed E-state index contributed by atoms with van der Waals surface area (Å²) in [6, 6.07) is 8.67. The van der Waals surface area contributed by atoms with E-state index in [4.69, 9.17) is 16.3 Å². The van der Waals surface area contributed by atoms with Crippen LogP contribution in [-0.2, 0) is 14.3 Å². The van der Waals surface area contributed by atoms with Crippen molar-refractivity contribution in [1.29, 1.82) is 0 Å². The Morgan fingerprint density at radius 2 is 1.81 bits per heavy atom. The molecule has 1 atom stereocenters. The van der Waals surface area contributed by atoms with E-state index in [9.17, 15) is 22.8 Å². The van der Waals surface area contributed by atoms with Gasteiger partial charge in [-0.25, -0.2) is 0 Å². The second-order valence-corrected chi connectivity index (χ2v) is 8.44. The normalized spacial score (nSPS) is 20.7. The lowest BCUT2D eigenvalue weighted by atomic mass is 9.77. The van der Waals surface area contributed by atoms with Crippen LogP contribution in [0.3, 0.4) is 0 Å². The van der Waals surface area contributed by atoms with Crippen molar-refractivity contribution in [3.05, 3.63) is 52.5 Å². The number of carbonyl (C=O) groups is 2. The lowest BCUT2D eigenvalue weighted by Crippen LogP contribution is -2.39. The van der Waals surface area contributed by atoms with Gasteiger partial charge in [-0.2, -0.15) is 0 Å². The van der Waals surface area contributed by atoms with E-state index in [-0.39, 0.29) is 16.6 Å². The van der Waals surface area contributed by atoms with E-state index in [2.05, 4.69) is 4.74 Å². The van der Waals surface area contributed by atoms with Gasteiger partial charge in [-0.15, -0.1) is 13.2 Å². The maximum absolute atomic E-state index is 13.2. The van der Waals surface area contributed by atoms with Crippen LogP contribution < -0.4 is 4.74 Å². The molecule has 2 aliphatic rings. The average molecular weight is 453 g/mol. The van der Waals surface area contributed by atoms with Gasteiger partial charge in [0.15, 0.2) is 11.4 Å². The summed E-state index contributed by atoms with van der Waals surface area (Å²) in [7, 11) is 0. The summed E-state index contributed by atoms with van der Waals surface area (Å²) in [6.07, 6.45) is -1.06. The third-order valence-corrected chi connectivity index (χ3v) is 6.26. The number of rotatable bonds is 3. The van der Waals surface area contributed by atoms with Crippen LogP contribution in [0.2, 0.25) is 5.02 Å². The molecule has 0 radical (unpaired) electrons. The zero-order chi connectivity index (χ0) is 22.4. The Kier molecular flexibility index (Phi) is 5.50. The van der Waals surface area contributed by atoms with E-state index in [1.165, 1.54) is 24.3 Å². The van der Waals surface area contributed by atoms with Gasteiger partial charge < -0.3 is 9.47 Å². The number of aryl methyl sites for hydroxylation is 1. The molecule has 0 amide bonds. The number of hydrogen-bond acceptors (Lipinski definition) is 4. The molecule has 8 heteroatoms. The Morgan fingerprint density at radius 1 is 1.10 bits per heavy atom. The van der Waals surface area contributed by atoms with Crippen LogP contribution in [0, 0.1) is 6.92 Å². The summed E-state index contributed by atoms with van der Waals surface area (Å²) in [5.41, 5.74) is 0.951. The summed E-state index contributed by atoms with van der Waals surface area (Å²) >= 11 is 6.45. The molecule has 4 rings (SSSR count). The molecule has 0 aromatic heterocycles. The minimum absolute atomic E-state index is 0.218. The van der Waals surface area contributed by atoms with Crippen molar-refractivity contribution < 1.29 is 32.2 Å². The van der Waals surface area contributed by atoms with Crippen molar-refractivity contribution >= 4 is 23.4 Å². The van der Waals surface area contributed by atoms with Crippen molar-refractivity contribution in [3.63, 3.8) is 0 Å². The van der Waals surface area contributed by atoms with Crippen molar-refractivity contribution in [2.24, 2.45) is 0 Å². The van der Waals surface area contributed by atoms with E-state index in [1.807, 2.05) is 0 Å². The van der Waals surface area contributed by atoms with Crippen molar-refractivity contribution in [3.8, 4) is 16.9 Å². The highest BCUT2D eigenvalue weighted by atomic mass is 35.5. The van der Waals surface area contributed by atoms with Crippen LogP contribution in [0.1, 0.15) is 49.1 Å². The van der Waals surface area contributed by atoms with Gasteiger partial charge in [0.25, 0.3) is 0 Å². The lowest BCUT2D eigenvalue weighted by molar-refractivity contribution is -0.274. The van der Waals surface area contributed by atoms with E-state index in [0.29, 0.717) is 35.1 Å². The van der Waals surface area contributed by atoms with Gasteiger partial charge in [-0.05, 0) is 73.6 Å². The van der Waals surface area contributed by atoms with E-state index >= 15 is 0 Å². The summed E-state index contributed by atoms with van der Waals surface area (Å²) in [4.78, 5) is 25.8. The van der Waals surface area contributed by atoms with E-state index in [0.717, 1.165) is 19.3 Å². The zero-order valence-corrected chi connectivity index (χ0v) is 17.5. The monoisotopic (exact) mass is 452 g/mol. The highest BCUT2D eigenvalue weighted by molar-refractivity contribution is 6.33. The third kappa shape index (κ3) is 4.15. The van der Waals surface area contributed by atoms with Gasteiger partial charge >= 0.3 is 12.3 Å². The zero-order valence-electron chi connectivity index (χ0n) is 16.7. The fourth-order valence-corrected chi connectivity index (χ4v) is 4.78. The van der Waals surface area contributed by atoms with E-state index in [1.54, 1.807) is 19.1 Å². The highest BCUT2D eigenvalue weighted by Gasteiger charge is 2.56. The fraction of sp³-hybridized carbons (Fsp3) is 0.391. The lowest BCUT2D eigenvalue weighted by Gasteiger charge is -2.29. The topological polar surface area (TPSA) is 52.6 Å². The van der Waals surface area contributed by atoms with Crippen molar-refractivity contribution in [2.75, 3.05) is 0 Å². The summed E-state index contributed by atoms with van der Waals surface area (Å²) < 4.78 is 47.2. The average Bonchev–Trinajstić information content (AvgIpc) is 2.92. The fourth-order valence-electron chi connectivity index (χ4n) is 4.50. The molecule has 1 saturated carbocycles. The second kappa shape index (κ2) is 7.86. The van der Waals surface area contributed by atoms with Crippen LogP contribution in [0.15, 0.2) is 36.4 Å². The predicted molar refractivity (Wildman–Crippen MR) is 108 cm³/mol. The molecule has 1 unspecified atom stereocenters. The molecular weight excluding hydrogens is 433 g/mol. The Labute approximate surface area is 182 Å². The number of esters is 1. The van der Waals surface area contributed by atoms with Crippen LogP contribution in [-0.4, -0.2) is 23.7 Å². The third-order valence-electron chi connectivity index (χ3n) is 5.95. The van der Waals surface area contributed by atoms with Crippen molar-refractivity contribution in [1.82, 2.24) is 0 Å². The largest absolute Gasteiger partial charge is 0.573 e. The molecule has 1 aliphatic carbocycles. The Bertz CT molecular complexity index is 1040. The maximum Gasteiger partial charge on any atom is 0.573 e. The molecular formula is C23H20ClF3O4. The van der Waals surface area contributed by atoms with Gasteiger partial charge in [-0.1, -0.05) is 30.2 Å². The smallest absolute Gasteiger partial charge is 0.450 e. The van der Waals surface area contributed by atoms with Gasteiger partial charge in [0, 0.05) is 10.6 Å². The Hall–Kier alpha value is -2.54. The predicted octanol–water partition coefficient (Wildman–Crippen LogP) is 6.13. The summed E-state index contributed by atoms with van der Waals surface area (Å²) in [6.45, 7) is 1.73. The number of carbonyl (C=O) groups excluding carboxylic acids is 2. The Balaban J connectivity index is 1.68. The molecule has 2 fully saturated rings. The van der Waals surface area contributed by atoms with Gasteiger partial charge in [-0.3, -0.25) is 9.59 Å². The number of hydrogen-bond donors (Lipinski definition) is 0.